The third kappa shape index (κ3) is 3.25. The van der Waals surface area contributed by atoms with Crippen molar-refractivity contribution >= 4 is 17.5 Å². The molecular formula is C18H16ClN5O2. The van der Waals surface area contributed by atoms with E-state index < -0.39 is 0 Å². The maximum Gasteiger partial charge on any atom is 0.271 e. The number of ether oxygens (including phenoxy) is 1. The molecule has 132 valence electrons. The number of aryl methyl sites for hydroxylation is 1. The summed E-state index contributed by atoms with van der Waals surface area (Å²) in [5, 5.41) is 7.46. The van der Waals surface area contributed by atoms with Crippen LogP contribution in [0, 0.1) is 0 Å². The van der Waals surface area contributed by atoms with E-state index in [1.807, 2.05) is 12.1 Å². The Balaban J connectivity index is 1.45. The fourth-order valence-corrected chi connectivity index (χ4v) is 3.21. The summed E-state index contributed by atoms with van der Waals surface area (Å²) in [6, 6.07) is 5.49. The second-order valence-corrected chi connectivity index (χ2v) is 6.47. The summed E-state index contributed by atoms with van der Waals surface area (Å²) in [6.45, 7) is 0.376. The zero-order valence-corrected chi connectivity index (χ0v) is 14.8. The van der Waals surface area contributed by atoms with Gasteiger partial charge in [0, 0.05) is 43.2 Å². The molecule has 4 rings (SSSR count). The predicted octanol–water partition coefficient (Wildman–Crippen LogP) is 2.26. The number of amides is 1. The standard InChI is InChI=1S/C18H16ClN5O2/c1-24-5-2-15(23-24)18(25)22-9-13-7-12-6-11(8-14(19)17(12)26-13)16-10-20-3-4-21-16/h2-6,8,10,13H,7,9H2,1H3,(H,22,25). The van der Waals surface area contributed by atoms with E-state index in [2.05, 4.69) is 20.4 Å². The van der Waals surface area contributed by atoms with Crippen molar-refractivity contribution in [3.8, 4) is 17.0 Å². The first-order chi connectivity index (χ1) is 12.6. The third-order valence-electron chi connectivity index (χ3n) is 4.15. The van der Waals surface area contributed by atoms with Crippen LogP contribution in [-0.2, 0) is 13.5 Å². The molecule has 0 aliphatic carbocycles. The van der Waals surface area contributed by atoms with E-state index in [4.69, 9.17) is 16.3 Å². The number of nitrogens with zero attached hydrogens (tertiary/aromatic N) is 4. The van der Waals surface area contributed by atoms with Gasteiger partial charge in [0.05, 0.1) is 23.5 Å². The highest BCUT2D eigenvalue weighted by atomic mass is 35.5. The topological polar surface area (TPSA) is 81.9 Å². The Morgan fingerprint density at radius 2 is 2.31 bits per heavy atom. The van der Waals surface area contributed by atoms with Gasteiger partial charge in [0.2, 0.25) is 0 Å². The smallest absolute Gasteiger partial charge is 0.271 e. The molecule has 8 heteroatoms. The fourth-order valence-electron chi connectivity index (χ4n) is 2.93. The minimum atomic E-state index is -0.225. The highest BCUT2D eigenvalue weighted by Crippen LogP contribution is 2.39. The monoisotopic (exact) mass is 369 g/mol. The van der Waals surface area contributed by atoms with Gasteiger partial charge in [-0.3, -0.25) is 19.4 Å². The highest BCUT2D eigenvalue weighted by Gasteiger charge is 2.27. The summed E-state index contributed by atoms with van der Waals surface area (Å²) in [6.07, 6.45) is 7.17. The van der Waals surface area contributed by atoms with Gasteiger partial charge in [-0.1, -0.05) is 11.6 Å². The summed E-state index contributed by atoms with van der Waals surface area (Å²) < 4.78 is 7.50. The molecule has 2 aromatic heterocycles. The molecule has 0 spiro atoms. The minimum absolute atomic E-state index is 0.174. The minimum Gasteiger partial charge on any atom is -0.486 e. The van der Waals surface area contributed by atoms with Gasteiger partial charge in [0.25, 0.3) is 5.91 Å². The van der Waals surface area contributed by atoms with E-state index in [1.54, 1.807) is 42.6 Å². The van der Waals surface area contributed by atoms with E-state index in [0.29, 0.717) is 29.4 Å². The van der Waals surface area contributed by atoms with Crippen molar-refractivity contribution in [2.24, 2.45) is 7.05 Å². The van der Waals surface area contributed by atoms with E-state index >= 15 is 0 Å². The average molecular weight is 370 g/mol. The van der Waals surface area contributed by atoms with Gasteiger partial charge in [0.15, 0.2) is 0 Å². The van der Waals surface area contributed by atoms with Crippen LogP contribution in [0.1, 0.15) is 16.1 Å². The fraction of sp³-hybridized carbons (Fsp3) is 0.222. The lowest BCUT2D eigenvalue weighted by atomic mass is 10.0. The Hall–Kier alpha value is -2.93. The number of halogens is 1. The molecule has 1 atom stereocenters. The van der Waals surface area contributed by atoms with Crippen LogP contribution in [0.15, 0.2) is 43.0 Å². The quantitative estimate of drug-likeness (QED) is 0.762. The Labute approximate surface area is 155 Å². The van der Waals surface area contributed by atoms with Crippen LogP contribution in [0.2, 0.25) is 5.02 Å². The molecule has 1 aromatic carbocycles. The molecule has 1 unspecified atom stereocenters. The van der Waals surface area contributed by atoms with Crippen molar-refractivity contribution in [1.29, 1.82) is 0 Å². The van der Waals surface area contributed by atoms with Gasteiger partial charge in [-0.15, -0.1) is 0 Å². The number of aromatic nitrogens is 4. The van der Waals surface area contributed by atoms with Crippen molar-refractivity contribution < 1.29 is 9.53 Å². The van der Waals surface area contributed by atoms with Crippen LogP contribution < -0.4 is 10.1 Å². The molecule has 3 heterocycles. The summed E-state index contributed by atoms with van der Waals surface area (Å²) in [5.74, 6) is 0.438. The molecule has 0 saturated carbocycles. The Morgan fingerprint density at radius 1 is 1.42 bits per heavy atom. The normalized spacial score (nSPS) is 15.4. The van der Waals surface area contributed by atoms with Crippen LogP contribution in [0.4, 0.5) is 0 Å². The van der Waals surface area contributed by atoms with Gasteiger partial charge in [0.1, 0.15) is 17.5 Å². The largest absolute Gasteiger partial charge is 0.486 e. The first-order valence-electron chi connectivity index (χ1n) is 8.13. The van der Waals surface area contributed by atoms with Crippen LogP contribution in [0.3, 0.4) is 0 Å². The first kappa shape index (κ1) is 16.5. The van der Waals surface area contributed by atoms with Crippen molar-refractivity contribution in [2.45, 2.75) is 12.5 Å². The molecule has 7 nitrogen and oxygen atoms in total. The maximum absolute atomic E-state index is 12.1. The van der Waals surface area contributed by atoms with Crippen LogP contribution >= 0.6 is 11.6 Å². The summed E-state index contributed by atoms with van der Waals surface area (Å²) in [5.41, 5.74) is 3.02. The van der Waals surface area contributed by atoms with Gasteiger partial charge < -0.3 is 10.1 Å². The number of benzene rings is 1. The summed E-state index contributed by atoms with van der Waals surface area (Å²) in [4.78, 5) is 20.5. The molecular weight excluding hydrogens is 354 g/mol. The van der Waals surface area contributed by atoms with Crippen molar-refractivity contribution in [3.63, 3.8) is 0 Å². The molecule has 1 amide bonds. The molecule has 0 bridgehead atoms. The molecule has 0 radical (unpaired) electrons. The SMILES string of the molecule is Cn1ccc(C(=O)NCC2Cc3cc(-c4cnccn4)cc(Cl)c3O2)n1. The number of carbonyl (C=O) groups is 1. The first-order valence-corrected chi connectivity index (χ1v) is 8.51. The number of hydrogen-bond donors (Lipinski definition) is 1. The average Bonchev–Trinajstić information content (AvgIpc) is 3.27. The summed E-state index contributed by atoms with van der Waals surface area (Å²) in [7, 11) is 1.77. The van der Waals surface area contributed by atoms with Gasteiger partial charge in [-0.2, -0.15) is 5.10 Å². The Kier molecular flexibility index (Phi) is 4.30. The van der Waals surface area contributed by atoms with Crippen LogP contribution in [0.5, 0.6) is 5.75 Å². The van der Waals surface area contributed by atoms with E-state index in [1.165, 1.54) is 0 Å². The van der Waals surface area contributed by atoms with Crippen LogP contribution in [-0.4, -0.2) is 38.3 Å². The van der Waals surface area contributed by atoms with Gasteiger partial charge >= 0.3 is 0 Å². The van der Waals surface area contributed by atoms with Gasteiger partial charge in [-0.25, -0.2) is 0 Å². The van der Waals surface area contributed by atoms with Crippen molar-refractivity contribution in [3.05, 3.63) is 59.3 Å². The molecule has 26 heavy (non-hydrogen) atoms. The van der Waals surface area contributed by atoms with Crippen molar-refractivity contribution in [2.75, 3.05) is 6.54 Å². The lowest BCUT2D eigenvalue weighted by Gasteiger charge is -2.11. The number of nitrogens with one attached hydrogen (secondary N) is 1. The highest BCUT2D eigenvalue weighted by molar-refractivity contribution is 6.32. The lowest BCUT2D eigenvalue weighted by Crippen LogP contribution is -2.34. The number of carbonyl (C=O) groups excluding carboxylic acids is 1. The third-order valence-corrected chi connectivity index (χ3v) is 4.43. The van der Waals surface area contributed by atoms with Gasteiger partial charge in [-0.05, 0) is 18.2 Å². The predicted molar refractivity (Wildman–Crippen MR) is 96.1 cm³/mol. The number of hydrogen-bond acceptors (Lipinski definition) is 5. The molecule has 1 N–H and O–H groups in total. The zero-order valence-electron chi connectivity index (χ0n) is 14.0. The molecule has 1 aliphatic rings. The second-order valence-electron chi connectivity index (χ2n) is 6.07. The Bertz CT molecular complexity index is 957. The lowest BCUT2D eigenvalue weighted by molar-refractivity contribution is 0.0928. The molecule has 0 fully saturated rings. The summed E-state index contributed by atoms with van der Waals surface area (Å²) >= 11 is 6.38. The maximum atomic E-state index is 12.1. The van der Waals surface area contributed by atoms with E-state index in [0.717, 1.165) is 16.8 Å². The van der Waals surface area contributed by atoms with E-state index in [-0.39, 0.29) is 12.0 Å². The molecule has 1 aliphatic heterocycles. The second kappa shape index (κ2) is 6.76. The molecule has 0 saturated heterocycles. The van der Waals surface area contributed by atoms with Crippen molar-refractivity contribution in [1.82, 2.24) is 25.1 Å². The number of rotatable bonds is 4. The van der Waals surface area contributed by atoms with E-state index in [9.17, 15) is 4.79 Å². The molecule has 3 aromatic rings. The Morgan fingerprint density at radius 3 is 3.04 bits per heavy atom. The number of fused-ring (bicyclic) bond motifs is 1. The zero-order chi connectivity index (χ0) is 18.1. The van der Waals surface area contributed by atoms with Crippen LogP contribution in [0.25, 0.3) is 11.3 Å².